The van der Waals surface area contributed by atoms with Crippen LogP contribution in [0.3, 0.4) is 0 Å². The molecule has 6 nitrogen and oxygen atoms in total. The molecule has 23 heavy (non-hydrogen) atoms. The summed E-state index contributed by atoms with van der Waals surface area (Å²) in [4.78, 5) is 21.6. The monoisotopic (exact) mass is 349 g/mol. The van der Waals surface area contributed by atoms with Gasteiger partial charge in [-0.25, -0.2) is 0 Å². The van der Waals surface area contributed by atoms with Crippen LogP contribution in [0.25, 0.3) is 0 Å². The van der Waals surface area contributed by atoms with Gasteiger partial charge in [0.2, 0.25) is 0 Å². The maximum absolute atomic E-state index is 11.4. The fourth-order valence-corrected chi connectivity index (χ4v) is 2.22. The van der Waals surface area contributed by atoms with Crippen molar-refractivity contribution in [2.45, 2.75) is 6.92 Å². The fourth-order valence-electron chi connectivity index (χ4n) is 1.82. The highest BCUT2D eigenvalue weighted by molar-refractivity contribution is 7.80. The van der Waals surface area contributed by atoms with E-state index in [1.165, 1.54) is 25.1 Å². The van der Waals surface area contributed by atoms with E-state index in [2.05, 4.69) is 10.6 Å². The third-order valence-electron chi connectivity index (χ3n) is 2.94. The lowest BCUT2D eigenvalue weighted by Crippen LogP contribution is -2.19. The smallest absolute Gasteiger partial charge is 0.271 e. The number of hydrogen-bond donors (Lipinski definition) is 2. The molecule has 2 aromatic rings. The average molecular weight is 350 g/mol. The molecule has 2 N–H and O–H groups in total. The SMILES string of the molecule is CC(=O)c1cccc(NC(=S)Nc2cc([N+](=O)[O-])ccc2Cl)c1. The Hall–Kier alpha value is -2.51. The largest absolute Gasteiger partial charge is 0.332 e. The van der Waals surface area contributed by atoms with Crippen molar-refractivity contribution in [3.05, 3.63) is 63.2 Å². The Labute approximate surface area is 142 Å². The summed E-state index contributed by atoms with van der Waals surface area (Å²) in [5, 5.41) is 17.0. The molecule has 0 aliphatic heterocycles. The summed E-state index contributed by atoms with van der Waals surface area (Å²) in [5.74, 6) is -0.0609. The van der Waals surface area contributed by atoms with Gasteiger partial charge in [0.05, 0.1) is 15.6 Å². The number of anilines is 2. The number of nitro benzene ring substituents is 1. The van der Waals surface area contributed by atoms with Gasteiger partial charge in [0.1, 0.15) is 0 Å². The van der Waals surface area contributed by atoms with E-state index in [-0.39, 0.29) is 16.6 Å². The van der Waals surface area contributed by atoms with Crippen LogP contribution >= 0.6 is 23.8 Å². The van der Waals surface area contributed by atoms with E-state index < -0.39 is 4.92 Å². The standard InChI is InChI=1S/C15H12ClN3O3S/c1-9(20)10-3-2-4-11(7-10)17-15(23)18-14-8-12(19(21)22)5-6-13(14)16/h2-8H,1H3,(H2,17,18,23). The van der Waals surface area contributed by atoms with Crippen LogP contribution in [-0.4, -0.2) is 15.8 Å². The zero-order valence-electron chi connectivity index (χ0n) is 12.0. The van der Waals surface area contributed by atoms with Gasteiger partial charge in [-0.1, -0.05) is 23.7 Å². The van der Waals surface area contributed by atoms with Crippen LogP contribution in [0.2, 0.25) is 5.02 Å². The van der Waals surface area contributed by atoms with Gasteiger partial charge in [0.15, 0.2) is 10.9 Å². The van der Waals surface area contributed by atoms with Crippen LogP contribution in [0.15, 0.2) is 42.5 Å². The number of nitrogens with zero attached hydrogens (tertiary/aromatic N) is 1. The average Bonchev–Trinajstić information content (AvgIpc) is 2.49. The van der Waals surface area contributed by atoms with Crippen LogP contribution in [0.5, 0.6) is 0 Å². The fraction of sp³-hybridized carbons (Fsp3) is 0.0667. The first-order valence-corrected chi connectivity index (χ1v) is 7.28. The highest BCUT2D eigenvalue weighted by Crippen LogP contribution is 2.26. The van der Waals surface area contributed by atoms with Crippen LogP contribution in [0.4, 0.5) is 17.1 Å². The molecule has 8 heteroatoms. The van der Waals surface area contributed by atoms with Crippen molar-refractivity contribution in [2.75, 3.05) is 10.6 Å². The quantitative estimate of drug-likeness (QED) is 0.371. The number of nitrogens with one attached hydrogen (secondary N) is 2. The second kappa shape index (κ2) is 7.17. The summed E-state index contributed by atoms with van der Waals surface area (Å²) in [5.41, 5.74) is 1.39. The zero-order chi connectivity index (χ0) is 17.0. The molecular formula is C15H12ClN3O3S. The van der Waals surface area contributed by atoms with Gasteiger partial charge < -0.3 is 10.6 Å². The van der Waals surface area contributed by atoms with Gasteiger partial charge in [-0.15, -0.1) is 0 Å². The predicted molar refractivity (Wildman–Crippen MR) is 94.4 cm³/mol. The van der Waals surface area contributed by atoms with E-state index in [0.717, 1.165) is 0 Å². The number of thiocarbonyl (C=S) groups is 1. The van der Waals surface area contributed by atoms with Gasteiger partial charge in [0.25, 0.3) is 5.69 Å². The number of non-ortho nitro benzene ring substituents is 1. The minimum atomic E-state index is -0.520. The predicted octanol–water partition coefficient (Wildman–Crippen LogP) is 4.26. The van der Waals surface area contributed by atoms with Crippen molar-refractivity contribution in [3.63, 3.8) is 0 Å². The third-order valence-corrected chi connectivity index (χ3v) is 3.47. The maximum Gasteiger partial charge on any atom is 0.271 e. The lowest BCUT2D eigenvalue weighted by atomic mass is 10.1. The summed E-state index contributed by atoms with van der Waals surface area (Å²) in [7, 11) is 0. The summed E-state index contributed by atoms with van der Waals surface area (Å²) >= 11 is 11.2. The number of Topliss-reactive ketones (excluding diaryl/α,β-unsaturated/α-hetero) is 1. The van der Waals surface area contributed by atoms with E-state index in [1.54, 1.807) is 24.3 Å². The molecule has 2 rings (SSSR count). The van der Waals surface area contributed by atoms with E-state index in [9.17, 15) is 14.9 Å². The number of hydrogen-bond acceptors (Lipinski definition) is 4. The number of carbonyl (C=O) groups is 1. The molecular weight excluding hydrogens is 338 g/mol. The number of benzene rings is 2. The van der Waals surface area contributed by atoms with E-state index in [4.69, 9.17) is 23.8 Å². The summed E-state index contributed by atoms with van der Waals surface area (Å²) in [6, 6.07) is 10.8. The Morgan fingerprint density at radius 1 is 1.22 bits per heavy atom. The molecule has 0 amide bonds. The van der Waals surface area contributed by atoms with Crippen LogP contribution < -0.4 is 10.6 Å². The van der Waals surface area contributed by atoms with Gasteiger partial charge in [0, 0.05) is 23.4 Å². The molecule has 0 radical (unpaired) electrons. The Balaban J connectivity index is 2.14. The topological polar surface area (TPSA) is 84.3 Å². The highest BCUT2D eigenvalue weighted by atomic mass is 35.5. The zero-order valence-corrected chi connectivity index (χ0v) is 13.6. The van der Waals surface area contributed by atoms with Gasteiger partial charge in [-0.3, -0.25) is 14.9 Å². The first-order valence-electron chi connectivity index (χ1n) is 6.50. The summed E-state index contributed by atoms with van der Waals surface area (Å²) < 4.78 is 0. The van der Waals surface area contributed by atoms with Crippen LogP contribution in [0, 0.1) is 10.1 Å². The third kappa shape index (κ3) is 4.48. The van der Waals surface area contributed by atoms with Gasteiger partial charge in [-0.2, -0.15) is 0 Å². The van der Waals surface area contributed by atoms with E-state index in [1.807, 2.05) is 0 Å². The van der Waals surface area contributed by atoms with Crippen molar-refractivity contribution in [1.82, 2.24) is 0 Å². The van der Waals surface area contributed by atoms with Crippen molar-refractivity contribution < 1.29 is 9.72 Å². The molecule has 0 heterocycles. The van der Waals surface area contributed by atoms with Crippen LogP contribution in [0.1, 0.15) is 17.3 Å². The van der Waals surface area contributed by atoms with Crippen LogP contribution in [-0.2, 0) is 0 Å². The highest BCUT2D eigenvalue weighted by Gasteiger charge is 2.11. The lowest BCUT2D eigenvalue weighted by Gasteiger charge is -2.12. The number of nitro groups is 1. The minimum Gasteiger partial charge on any atom is -0.332 e. The van der Waals surface area contributed by atoms with Crippen molar-refractivity contribution in [3.8, 4) is 0 Å². The molecule has 2 aromatic carbocycles. The molecule has 0 aliphatic carbocycles. The van der Waals surface area contributed by atoms with Crippen molar-refractivity contribution in [2.24, 2.45) is 0 Å². The normalized spacial score (nSPS) is 10.0. The molecule has 0 aliphatic rings. The lowest BCUT2D eigenvalue weighted by molar-refractivity contribution is -0.384. The van der Waals surface area contributed by atoms with Gasteiger partial charge in [-0.05, 0) is 37.3 Å². The van der Waals surface area contributed by atoms with E-state index >= 15 is 0 Å². The summed E-state index contributed by atoms with van der Waals surface area (Å²) in [6.07, 6.45) is 0. The van der Waals surface area contributed by atoms with E-state index in [0.29, 0.717) is 22.0 Å². The molecule has 0 unspecified atom stereocenters. The Kier molecular flexibility index (Phi) is 5.25. The molecule has 0 spiro atoms. The second-order valence-electron chi connectivity index (χ2n) is 4.64. The molecule has 0 fully saturated rings. The Bertz CT molecular complexity index is 795. The minimum absolute atomic E-state index is 0.0609. The van der Waals surface area contributed by atoms with Gasteiger partial charge >= 0.3 is 0 Å². The molecule has 118 valence electrons. The Morgan fingerprint density at radius 2 is 1.96 bits per heavy atom. The first kappa shape index (κ1) is 16.9. The van der Waals surface area contributed by atoms with Crippen molar-refractivity contribution >= 4 is 51.8 Å². The summed E-state index contributed by atoms with van der Waals surface area (Å²) in [6.45, 7) is 1.47. The molecule has 0 aromatic heterocycles. The Morgan fingerprint density at radius 3 is 2.61 bits per heavy atom. The molecule has 0 saturated heterocycles. The maximum atomic E-state index is 11.4. The molecule has 0 bridgehead atoms. The number of halogens is 1. The second-order valence-corrected chi connectivity index (χ2v) is 5.45. The molecule has 0 saturated carbocycles. The first-order chi connectivity index (χ1) is 10.9. The number of rotatable bonds is 4. The number of carbonyl (C=O) groups excluding carboxylic acids is 1. The molecule has 0 atom stereocenters. The number of ketones is 1. The van der Waals surface area contributed by atoms with Crippen molar-refractivity contribution in [1.29, 1.82) is 0 Å².